The van der Waals surface area contributed by atoms with Gasteiger partial charge in [-0.25, -0.2) is 0 Å². The van der Waals surface area contributed by atoms with Crippen LogP contribution in [0.15, 0.2) is 0 Å². The minimum atomic E-state index is -0.159. The molecule has 0 atom stereocenters. The van der Waals surface area contributed by atoms with Crippen LogP contribution in [0.4, 0.5) is 0 Å². The SMILES string of the molecule is CC(C)[CH]OC(=O)C(C)C. The van der Waals surface area contributed by atoms with Gasteiger partial charge >= 0.3 is 5.97 Å². The first-order valence-electron chi connectivity index (χ1n) is 3.58. The van der Waals surface area contributed by atoms with Gasteiger partial charge in [-0.2, -0.15) is 0 Å². The number of rotatable bonds is 3. The maximum Gasteiger partial charge on any atom is 0.308 e. The van der Waals surface area contributed by atoms with Crippen LogP contribution in [0.1, 0.15) is 27.7 Å². The van der Waals surface area contributed by atoms with Gasteiger partial charge in [0.1, 0.15) is 6.61 Å². The van der Waals surface area contributed by atoms with Gasteiger partial charge in [-0.15, -0.1) is 0 Å². The van der Waals surface area contributed by atoms with Gasteiger partial charge in [0.25, 0.3) is 0 Å². The van der Waals surface area contributed by atoms with Gasteiger partial charge in [0, 0.05) is 0 Å². The highest BCUT2D eigenvalue weighted by Crippen LogP contribution is 2.03. The van der Waals surface area contributed by atoms with E-state index in [4.69, 9.17) is 4.74 Å². The zero-order valence-electron chi connectivity index (χ0n) is 7.05. The summed E-state index contributed by atoms with van der Waals surface area (Å²) in [6.07, 6.45) is 0. The van der Waals surface area contributed by atoms with E-state index in [0.29, 0.717) is 5.92 Å². The number of ether oxygens (including phenoxy) is 1. The normalized spacial score (nSPS) is 10.6. The van der Waals surface area contributed by atoms with Crippen molar-refractivity contribution in [3.63, 3.8) is 0 Å². The van der Waals surface area contributed by atoms with E-state index < -0.39 is 0 Å². The Balaban J connectivity index is 3.40. The summed E-state index contributed by atoms with van der Waals surface area (Å²) in [6, 6.07) is 0. The van der Waals surface area contributed by atoms with E-state index in [-0.39, 0.29) is 11.9 Å². The van der Waals surface area contributed by atoms with E-state index in [9.17, 15) is 4.79 Å². The van der Waals surface area contributed by atoms with Crippen molar-refractivity contribution in [3.05, 3.63) is 6.61 Å². The molecule has 0 aromatic rings. The van der Waals surface area contributed by atoms with Crippen molar-refractivity contribution in [1.82, 2.24) is 0 Å². The molecule has 0 rings (SSSR count). The molecule has 0 aliphatic carbocycles. The van der Waals surface area contributed by atoms with Gasteiger partial charge in [0.05, 0.1) is 5.92 Å². The Morgan fingerprint density at radius 3 is 2.10 bits per heavy atom. The van der Waals surface area contributed by atoms with Crippen LogP contribution in [0.25, 0.3) is 0 Å². The lowest BCUT2D eigenvalue weighted by Gasteiger charge is -2.07. The zero-order valence-corrected chi connectivity index (χ0v) is 7.05. The Morgan fingerprint density at radius 2 is 1.80 bits per heavy atom. The first-order valence-corrected chi connectivity index (χ1v) is 3.58. The second-order valence-corrected chi connectivity index (χ2v) is 2.97. The van der Waals surface area contributed by atoms with Gasteiger partial charge in [-0.3, -0.25) is 4.79 Å². The van der Waals surface area contributed by atoms with Gasteiger partial charge in [-0.1, -0.05) is 27.7 Å². The molecule has 0 N–H and O–H groups in total. The molecule has 0 aliphatic rings. The average molecular weight is 143 g/mol. The first kappa shape index (κ1) is 9.47. The molecule has 0 saturated carbocycles. The molecule has 0 fully saturated rings. The predicted molar refractivity (Wildman–Crippen MR) is 40.1 cm³/mol. The summed E-state index contributed by atoms with van der Waals surface area (Å²) in [7, 11) is 0. The van der Waals surface area contributed by atoms with Crippen LogP contribution in [-0.4, -0.2) is 5.97 Å². The lowest BCUT2D eigenvalue weighted by molar-refractivity contribution is -0.144. The molecule has 0 aliphatic heterocycles. The van der Waals surface area contributed by atoms with Crippen molar-refractivity contribution >= 4 is 5.97 Å². The molecular weight excluding hydrogens is 128 g/mol. The summed E-state index contributed by atoms with van der Waals surface area (Å²) < 4.78 is 4.80. The maximum absolute atomic E-state index is 10.8. The second-order valence-electron chi connectivity index (χ2n) is 2.97. The van der Waals surface area contributed by atoms with Crippen LogP contribution >= 0.6 is 0 Å². The third-order valence-corrected chi connectivity index (χ3v) is 0.928. The predicted octanol–water partition coefficient (Wildman–Crippen LogP) is 2.00. The van der Waals surface area contributed by atoms with Crippen LogP contribution in [-0.2, 0) is 9.53 Å². The molecule has 0 saturated heterocycles. The third kappa shape index (κ3) is 4.36. The largest absolute Gasteiger partial charge is 0.458 e. The van der Waals surface area contributed by atoms with Crippen LogP contribution in [0.3, 0.4) is 0 Å². The van der Waals surface area contributed by atoms with Crippen LogP contribution in [0.5, 0.6) is 0 Å². The number of carbonyl (C=O) groups is 1. The second kappa shape index (κ2) is 4.31. The summed E-state index contributed by atoms with van der Waals surface area (Å²) in [5.74, 6) is 0.117. The lowest BCUT2D eigenvalue weighted by Crippen LogP contribution is -2.11. The van der Waals surface area contributed by atoms with Crippen molar-refractivity contribution in [3.8, 4) is 0 Å². The molecule has 0 amide bonds. The number of esters is 1. The smallest absolute Gasteiger partial charge is 0.308 e. The maximum atomic E-state index is 10.8. The fourth-order valence-corrected chi connectivity index (χ4v) is 0.339. The molecule has 10 heavy (non-hydrogen) atoms. The Bertz CT molecular complexity index is 106. The quantitative estimate of drug-likeness (QED) is 0.565. The van der Waals surface area contributed by atoms with Gasteiger partial charge in [0.2, 0.25) is 0 Å². The van der Waals surface area contributed by atoms with E-state index in [1.807, 2.05) is 27.7 Å². The molecule has 2 heteroatoms. The Hall–Kier alpha value is -0.530. The number of carbonyl (C=O) groups excluding carboxylic acids is 1. The molecule has 0 unspecified atom stereocenters. The molecular formula is C8H15O2. The third-order valence-electron chi connectivity index (χ3n) is 0.928. The summed E-state index contributed by atoms with van der Waals surface area (Å²) in [5, 5.41) is 0. The first-order chi connectivity index (χ1) is 4.54. The highest BCUT2D eigenvalue weighted by Gasteiger charge is 2.08. The summed E-state index contributed by atoms with van der Waals surface area (Å²) in [4.78, 5) is 10.8. The highest BCUT2D eigenvalue weighted by molar-refractivity contribution is 5.71. The molecule has 0 spiro atoms. The molecule has 1 radical (unpaired) electrons. The molecule has 59 valence electrons. The lowest BCUT2D eigenvalue weighted by atomic mass is 10.2. The molecule has 0 bridgehead atoms. The highest BCUT2D eigenvalue weighted by atomic mass is 16.5. The molecule has 0 aromatic heterocycles. The fourth-order valence-electron chi connectivity index (χ4n) is 0.339. The van der Waals surface area contributed by atoms with Crippen molar-refractivity contribution in [2.45, 2.75) is 27.7 Å². The van der Waals surface area contributed by atoms with Crippen LogP contribution in [0.2, 0.25) is 0 Å². The van der Waals surface area contributed by atoms with Crippen molar-refractivity contribution in [2.75, 3.05) is 0 Å². The summed E-state index contributed by atoms with van der Waals surface area (Å²) >= 11 is 0. The molecule has 0 aromatic carbocycles. The Kier molecular flexibility index (Phi) is 4.08. The van der Waals surface area contributed by atoms with E-state index in [2.05, 4.69) is 0 Å². The van der Waals surface area contributed by atoms with E-state index in [0.717, 1.165) is 0 Å². The topological polar surface area (TPSA) is 26.3 Å². The summed E-state index contributed by atoms with van der Waals surface area (Å²) in [6.45, 7) is 9.12. The monoisotopic (exact) mass is 143 g/mol. The van der Waals surface area contributed by atoms with E-state index >= 15 is 0 Å². The molecule has 0 heterocycles. The van der Waals surface area contributed by atoms with Gasteiger partial charge < -0.3 is 4.74 Å². The van der Waals surface area contributed by atoms with Crippen LogP contribution < -0.4 is 0 Å². The van der Waals surface area contributed by atoms with Gasteiger partial charge in [0.15, 0.2) is 0 Å². The van der Waals surface area contributed by atoms with Gasteiger partial charge in [-0.05, 0) is 5.92 Å². The Labute approximate surface area is 62.6 Å². The standard InChI is InChI=1S/C8H15O2/c1-6(2)5-10-8(9)7(3)4/h5-7H,1-4H3. The number of hydrogen-bond donors (Lipinski definition) is 0. The minimum absolute atomic E-state index is 0.0324. The van der Waals surface area contributed by atoms with Crippen molar-refractivity contribution in [2.24, 2.45) is 11.8 Å². The average Bonchev–Trinajstić information content (AvgIpc) is 1.82. The van der Waals surface area contributed by atoms with E-state index in [1.54, 1.807) is 6.61 Å². The zero-order chi connectivity index (χ0) is 8.15. The molecule has 2 nitrogen and oxygen atoms in total. The summed E-state index contributed by atoms with van der Waals surface area (Å²) in [5.41, 5.74) is 0. The Morgan fingerprint density at radius 1 is 1.30 bits per heavy atom. The van der Waals surface area contributed by atoms with Crippen molar-refractivity contribution in [1.29, 1.82) is 0 Å². The minimum Gasteiger partial charge on any atom is -0.458 e. The van der Waals surface area contributed by atoms with Crippen molar-refractivity contribution < 1.29 is 9.53 Å². The fraction of sp³-hybridized carbons (Fsp3) is 0.750. The van der Waals surface area contributed by atoms with Crippen LogP contribution in [0, 0.1) is 18.4 Å². The van der Waals surface area contributed by atoms with E-state index in [1.165, 1.54) is 0 Å². The number of hydrogen-bond acceptors (Lipinski definition) is 2.